The molecule has 104 valence electrons. The lowest BCUT2D eigenvalue weighted by molar-refractivity contribution is 0.416. The van der Waals surface area contributed by atoms with E-state index in [9.17, 15) is 8.42 Å². The Labute approximate surface area is 108 Å². The Morgan fingerprint density at radius 3 is 2.39 bits per heavy atom. The molecular formula is C10H21N5O2S. The topological polar surface area (TPSA) is 88.9 Å². The lowest BCUT2D eigenvalue weighted by Crippen LogP contribution is -2.49. The number of rotatable bonds is 6. The zero-order valence-corrected chi connectivity index (χ0v) is 12.3. The van der Waals surface area contributed by atoms with E-state index in [4.69, 9.17) is 0 Å². The molecule has 0 radical (unpaired) electrons. The van der Waals surface area contributed by atoms with Gasteiger partial charge in [0.25, 0.3) is 0 Å². The molecule has 18 heavy (non-hydrogen) atoms. The Morgan fingerprint density at radius 1 is 1.33 bits per heavy atom. The molecule has 1 rings (SSSR count). The number of nitrogens with zero attached hydrogens (tertiary/aromatic N) is 3. The number of sulfonamides is 1. The van der Waals surface area contributed by atoms with Crippen LogP contribution >= 0.6 is 0 Å². The van der Waals surface area contributed by atoms with Crippen LogP contribution in [0.2, 0.25) is 0 Å². The molecule has 1 aromatic heterocycles. The molecule has 0 aliphatic heterocycles. The molecule has 7 nitrogen and oxygen atoms in total. The van der Waals surface area contributed by atoms with Crippen molar-refractivity contribution in [2.45, 2.75) is 32.9 Å². The van der Waals surface area contributed by atoms with Crippen molar-refractivity contribution in [2.24, 2.45) is 7.05 Å². The van der Waals surface area contributed by atoms with Crippen molar-refractivity contribution < 1.29 is 8.42 Å². The third-order valence-electron chi connectivity index (χ3n) is 2.49. The van der Waals surface area contributed by atoms with Crippen molar-refractivity contribution in [1.82, 2.24) is 24.8 Å². The molecule has 0 aliphatic carbocycles. The fourth-order valence-electron chi connectivity index (χ4n) is 1.63. The predicted molar refractivity (Wildman–Crippen MR) is 69.5 cm³/mol. The monoisotopic (exact) mass is 275 g/mol. The average molecular weight is 275 g/mol. The average Bonchev–Trinajstić information content (AvgIpc) is 2.45. The number of aryl methyl sites for hydroxylation is 1. The summed E-state index contributed by atoms with van der Waals surface area (Å²) in [6.07, 6.45) is 1.15. The van der Waals surface area contributed by atoms with E-state index >= 15 is 0 Å². The molecule has 0 bridgehead atoms. The van der Waals surface area contributed by atoms with Crippen molar-refractivity contribution in [3.63, 3.8) is 0 Å². The van der Waals surface area contributed by atoms with Crippen molar-refractivity contribution in [2.75, 3.05) is 12.8 Å². The standard InChI is InChI=1S/C10H21N5O2S/c1-8-12-13-9(15(8)4)6-11-7-10(2,3)14-18(5,16)17/h11,14H,6-7H2,1-5H3. The van der Waals surface area contributed by atoms with Gasteiger partial charge in [0, 0.05) is 19.1 Å². The number of nitrogens with one attached hydrogen (secondary N) is 2. The molecule has 0 amide bonds. The van der Waals surface area contributed by atoms with Crippen LogP contribution in [0.25, 0.3) is 0 Å². The van der Waals surface area contributed by atoms with Crippen LogP contribution in [0.1, 0.15) is 25.5 Å². The third-order valence-corrected chi connectivity index (χ3v) is 3.42. The second kappa shape index (κ2) is 5.33. The van der Waals surface area contributed by atoms with Crippen LogP contribution in [0, 0.1) is 6.92 Å². The zero-order valence-electron chi connectivity index (χ0n) is 11.5. The first-order valence-electron chi connectivity index (χ1n) is 5.65. The Balaban J connectivity index is 2.49. The lowest BCUT2D eigenvalue weighted by Gasteiger charge is -2.25. The van der Waals surface area contributed by atoms with Crippen molar-refractivity contribution in [1.29, 1.82) is 0 Å². The molecule has 0 fully saturated rings. The minimum absolute atomic E-state index is 0.506. The quantitative estimate of drug-likeness (QED) is 0.733. The maximum Gasteiger partial charge on any atom is 0.209 e. The van der Waals surface area contributed by atoms with Gasteiger partial charge in [-0.05, 0) is 20.8 Å². The summed E-state index contributed by atoms with van der Waals surface area (Å²) in [4.78, 5) is 0. The van der Waals surface area contributed by atoms with E-state index in [1.54, 1.807) is 0 Å². The first kappa shape index (κ1) is 15.1. The Morgan fingerprint density at radius 2 is 1.94 bits per heavy atom. The fourth-order valence-corrected chi connectivity index (χ4v) is 2.71. The molecule has 8 heteroatoms. The molecule has 0 aromatic carbocycles. The molecule has 0 saturated heterocycles. The molecule has 0 atom stereocenters. The van der Waals surface area contributed by atoms with Gasteiger partial charge in [0.2, 0.25) is 10.0 Å². The van der Waals surface area contributed by atoms with E-state index in [0.29, 0.717) is 13.1 Å². The van der Waals surface area contributed by atoms with Crippen molar-refractivity contribution >= 4 is 10.0 Å². The Kier molecular flexibility index (Phi) is 4.46. The number of hydrogen-bond acceptors (Lipinski definition) is 5. The zero-order chi connectivity index (χ0) is 14.0. The first-order valence-corrected chi connectivity index (χ1v) is 7.54. The second-order valence-corrected chi connectivity index (χ2v) is 6.83. The van der Waals surface area contributed by atoms with Crippen LogP contribution in [0.4, 0.5) is 0 Å². The summed E-state index contributed by atoms with van der Waals surface area (Å²) < 4.78 is 26.8. The highest BCUT2D eigenvalue weighted by molar-refractivity contribution is 7.88. The normalized spacial score (nSPS) is 12.9. The van der Waals surface area contributed by atoms with Crippen LogP contribution < -0.4 is 10.0 Å². The van der Waals surface area contributed by atoms with Gasteiger partial charge in [-0.25, -0.2) is 13.1 Å². The van der Waals surface area contributed by atoms with Crippen LogP contribution in [-0.4, -0.2) is 41.5 Å². The van der Waals surface area contributed by atoms with E-state index < -0.39 is 15.6 Å². The van der Waals surface area contributed by atoms with Gasteiger partial charge in [-0.2, -0.15) is 0 Å². The molecular weight excluding hydrogens is 254 g/mol. The minimum Gasteiger partial charge on any atom is -0.317 e. The van der Waals surface area contributed by atoms with Gasteiger partial charge in [-0.1, -0.05) is 0 Å². The van der Waals surface area contributed by atoms with Crippen LogP contribution in [0.3, 0.4) is 0 Å². The maximum atomic E-state index is 11.2. The van der Waals surface area contributed by atoms with E-state index in [1.807, 2.05) is 32.4 Å². The fraction of sp³-hybridized carbons (Fsp3) is 0.800. The Hall–Kier alpha value is -0.990. The summed E-state index contributed by atoms with van der Waals surface area (Å²) in [7, 11) is -1.31. The summed E-state index contributed by atoms with van der Waals surface area (Å²) in [5.41, 5.74) is -0.540. The number of aromatic nitrogens is 3. The SMILES string of the molecule is Cc1nnc(CNCC(C)(C)NS(C)(=O)=O)n1C. The van der Waals surface area contributed by atoms with Crippen LogP contribution in [0.15, 0.2) is 0 Å². The smallest absolute Gasteiger partial charge is 0.209 e. The minimum atomic E-state index is -3.20. The summed E-state index contributed by atoms with van der Waals surface area (Å²) in [6.45, 7) is 6.58. The van der Waals surface area contributed by atoms with Gasteiger partial charge >= 0.3 is 0 Å². The van der Waals surface area contributed by atoms with Gasteiger partial charge in [-0.15, -0.1) is 10.2 Å². The number of hydrogen-bond donors (Lipinski definition) is 2. The van der Waals surface area contributed by atoms with Gasteiger partial charge in [0.1, 0.15) is 11.6 Å². The molecule has 0 aliphatic rings. The summed E-state index contributed by atoms with van der Waals surface area (Å²) in [5.74, 6) is 1.67. The molecule has 0 spiro atoms. The highest BCUT2D eigenvalue weighted by Gasteiger charge is 2.21. The van der Waals surface area contributed by atoms with Crippen LogP contribution in [0.5, 0.6) is 0 Å². The van der Waals surface area contributed by atoms with E-state index in [0.717, 1.165) is 17.9 Å². The van der Waals surface area contributed by atoms with Crippen LogP contribution in [-0.2, 0) is 23.6 Å². The summed E-state index contributed by atoms with van der Waals surface area (Å²) >= 11 is 0. The maximum absolute atomic E-state index is 11.2. The summed E-state index contributed by atoms with van der Waals surface area (Å²) in [6, 6.07) is 0. The first-order chi connectivity index (χ1) is 8.11. The van der Waals surface area contributed by atoms with Gasteiger partial charge in [-0.3, -0.25) is 0 Å². The molecule has 1 heterocycles. The van der Waals surface area contributed by atoms with E-state index in [-0.39, 0.29) is 0 Å². The lowest BCUT2D eigenvalue weighted by atomic mass is 10.1. The second-order valence-electron chi connectivity index (χ2n) is 5.08. The molecule has 0 unspecified atom stereocenters. The molecule has 0 saturated carbocycles. The van der Waals surface area contributed by atoms with Gasteiger partial charge in [0.05, 0.1) is 12.8 Å². The van der Waals surface area contributed by atoms with E-state index in [1.165, 1.54) is 0 Å². The highest BCUT2D eigenvalue weighted by Crippen LogP contribution is 2.03. The summed E-state index contributed by atoms with van der Waals surface area (Å²) in [5, 5.41) is 11.1. The van der Waals surface area contributed by atoms with Crippen molar-refractivity contribution in [3.8, 4) is 0 Å². The third kappa shape index (κ3) is 4.71. The van der Waals surface area contributed by atoms with Crippen molar-refractivity contribution in [3.05, 3.63) is 11.6 Å². The Bertz CT molecular complexity index is 506. The van der Waals surface area contributed by atoms with Gasteiger partial charge in [0.15, 0.2) is 0 Å². The molecule has 2 N–H and O–H groups in total. The predicted octanol–water partition coefficient (Wildman–Crippen LogP) is -0.459. The highest BCUT2D eigenvalue weighted by atomic mass is 32.2. The largest absolute Gasteiger partial charge is 0.317 e. The van der Waals surface area contributed by atoms with Gasteiger partial charge < -0.3 is 9.88 Å². The van der Waals surface area contributed by atoms with E-state index in [2.05, 4.69) is 20.2 Å². The molecule has 1 aromatic rings.